The standard InChI is InChI=1S/C14H15ClN2O4S/c1-9-10(15)3-2-4-11(9)16-12(18)8-21-13(19)7-17-5-6-22-14(17)20/h2-4H,5-8H2,1H3,(H,16,18). The van der Waals surface area contributed by atoms with Gasteiger partial charge in [0.1, 0.15) is 6.54 Å². The Kier molecular flexibility index (Phi) is 5.68. The van der Waals surface area contributed by atoms with Crippen LogP contribution in [0.4, 0.5) is 10.5 Å². The van der Waals surface area contributed by atoms with E-state index in [9.17, 15) is 14.4 Å². The van der Waals surface area contributed by atoms with Crippen LogP contribution in [0.5, 0.6) is 0 Å². The van der Waals surface area contributed by atoms with Gasteiger partial charge in [-0.05, 0) is 24.6 Å². The molecule has 1 aromatic rings. The number of ether oxygens (including phenoxy) is 1. The maximum Gasteiger partial charge on any atom is 0.326 e. The number of thioether (sulfide) groups is 1. The third-order valence-electron chi connectivity index (χ3n) is 3.07. The van der Waals surface area contributed by atoms with E-state index in [1.807, 2.05) is 0 Å². The summed E-state index contributed by atoms with van der Waals surface area (Å²) in [5, 5.41) is 3.02. The normalized spacial score (nSPS) is 14.1. The number of carbonyl (C=O) groups is 3. The largest absolute Gasteiger partial charge is 0.454 e. The molecule has 1 saturated heterocycles. The molecular weight excluding hydrogens is 328 g/mol. The maximum atomic E-state index is 11.8. The molecule has 8 heteroatoms. The second kappa shape index (κ2) is 7.51. The molecule has 0 saturated carbocycles. The van der Waals surface area contributed by atoms with Crippen LogP contribution in [0.1, 0.15) is 5.56 Å². The molecule has 1 N–H and O–H groups in total. The maximum absolute atomic E-state index is 11.8. The van der Waals surface area contributed by atoms with Crippen molar-refractivity contribution < 1.29 is 19.1 Å². The summed E-state index contributed by atoms with van der Waals surface area (Å²) in [5.41, 5.74) is 1.31. The quantitative estimate of drug-likeness (QED) is 0.831. The summed E-state index contributed by atoms with van der Waals surface area (Å²) in [6.45, 7) is 1.77. The molecule has 6 nitrogen and oxygen atoms in total. The lowest BCUT2D eigenvalue weighted by Crippen LogP contribution is -2.32. The van der Waals surface area contributed by atoms with Gasteiger partial charge in [-0.2, -0.15) is 0 Å². The number of hydrogen-bond donors (Lipinski definition) is 1. The first-order chi connectivity index (χ1) is 10.5. The molecule has 0 radical (unpaired) electrons. The van der Waals surface area contributed by atoms with E-state index in [-0.39, 0.29) is 11.8 Å². The molecule has 0 bridgehead atoms. The summed E-state index contributed by atoms with van der Waals surface area (Å²) < 4.78 is 4.87. The van der Waals surface area contributed by atoms with Crippen LogP contribution < -0.4 is 5.32 Å². The molecule has 0 unspecified atom stereocenters. The highest BCUT2D eigenvalue weighted by Crippen LogP contribution is 2.22. The molecule has 2 rings (SSSR count). The van der Waals surface area contributed by atoms with E-state index in [0.717, 1.165) is 17.3 Å². The third kappa shape index (κ3) is 4.38. The van der Waals surface area contributed by atoms with Crippen molar-refractivity contribution in [2.45, 2.75) is 6.92 Å². The Labute approximate surface area is 137 Å². The van der Waals surface area contributed by atoms with Gasteiger partial charge in [-0.3, -0.25) is 14.4 Å². The highest BCUT2D eigenvalue weighted by molar-refractivity contribution is 8.13. The fourth-order valence-electron chi connectivity index (χ4n) is 1.85. The minimum absolute atomic E-state index is 0.130. The van der Waals surface area contributed by atoms with E-state index >= 15 is 0 Å². The number of carbonyl (C=O) groups excluding carboxylic acids is 3. The Morgan fingerprint density at radius 1 is 1.45 bits per heavy atom. The monoisotopic (exact) mass is 342 g/mol. The van der Waals surface area contributed by atoms with Gasteiger partial charge in [-0.25, -0.2) is 0 Å². The molecule has 0 atom stereocenters. The zero-order valence-electron chi connectivity index (χ0n) is 11.9. The predicted molar refractivity (Wildman–Crippen MR) is 85.2 cm³/mol. The van der Waals surface area contributed by atoms with Crippen molar-refractivity contribution in [1.29, 1.82) is 0 Å². The molecule has 1 heterocycles. The van der Waals surface area contributed by atoms with Crippen LogP contribution in [0.3, 0.4) is 0 Å². The molecule has 2 amide bonds. The van der Waals surface area contributed by atoms with Gasteiger partial charge >= 0.3 is 5.97 Å². The van der Waals surface area contributed by atoms with Crippen LogP contribution in [0.15, 0.2) is 18.2 Å². The Morgan fingerprint density at radius 3 is 2.91 bits per heavy atom. The average Bonchev–Trinajstić information content (AvgIpc) is 2.87. The van der Waals surface area contributed by atoms with Gasteiger partial charge < -0.3 is 15.0 Å². The fraction of sp³-hybridized carbons (Fsp3) is 0.357. The number of esters is 1. The predicted octanol–water partition coefficient (Wildman–Crippen LogP) is 2.30. The van der Waals surface area contributed by atoms with Gasteiger partial charge in [0.05, 0.1) is 0 Å². The van der Waals surface area contributed by atoms with Gasteiger partial charge in [-0.15, -0.1) is 0 Å². The first-order valence-electron chi connectivity index (χ1n) is 6.59. The van der Waals surface area contributed by atoms with Crippen molar-refractivity contribution in [1.82, 2.24) is 4.90 Å². The van der Waals surface area contributed by atoms with Crippen molar-refractivity contribution in [2.75, 3.05) is 30.8 Å². The van der Waals surface area contributed by atoms with E-state index in [1.165, 1.54) is 4.90 Å². The van der Waals surface area contributed by atoms with Crippen molar-refractivity contribution in [3.8, 4) is 0 Å². The molecule has 0 aliphatic carbocycles. The first kappa shape index (κ1) is 16.6. The van der Waals surface area contributed by atoms with Crippen LogP contribution in [0.25, 0.3) is 0 Å². The summed E-state index contributed by atoms with van der Waals surface area (Å²) in [6, 6.07) is 5.15. The summed E-state index contributed by atoms with van der Waals surface area (Å²) in [6.07, 6.45) is 0. The summed E-state index contributed by atoms with van der Waals surface area (Å²) in [5.74, 6) is -0.393. The minimum atomic E-state index is -0.603. The number of halogens is 1. The van der Waals surface area contributed by atoms with Crippen LogP contribution in [-0.4, -0.2) is 47.5 Å². The Balaban J connectivity index is 1.79. The lowest BCUT2D eigenvalue weighted by atomic mass is 10.2. The topological polar surface area (TPSA) is 75.7 Å². The summed E-state index contributed by atoms with van der Waals surface area (Å²) in [4.78, 5) is 36.1. The van der Waals surface area contributed by atoms with Crippen molar-refractivity contribution in [3.63, 3.8) is 0 Å². The minimum Gasteiger partial charge on any atom is -0.454 e. The smallest absolute Gasteiger partial charge is 0.326 e. The lowest BCUT2D eigenvalue weighted by Gasteiger charge is -2.13. The number of anilines is 1. The zero-order valence-corrected chi connectivity index (χ0v) is 13.5. The second-order valence-corrected chi connectivity index (χ2v) is 6.11. The van der Waals surface area contributed by atoms with Crippen LogP contribution in [0, 0.1) is 6.92 Å². The first-order valence-corrected chi connectivity index (χ1v) is 7.96. The highest BCUT2D eigenvalue weighted by Gasteiger charge is 2.24. The third-order valence-corrected chi connectivity index (χ3v) is 4.37. The number of benzene rings is 1. The van der Waals surface area contributed by atoms with Crippen molar-refractivity contribution in [3.05, 3.63) is 28.8 Å². The van der Waals surface area contributed by atoms with Crippen LogP contribution >= 0.6 is 23.4 Å². The van der Waals surface area contributed by atoms with Gasteiger partial charge in [0.2, 0.25) is 0 Å². The van der Waals surface area contributed by atoms with Gasteiger partial charge in [0.15, 0.2) is 6.61 Å². The summed E-state index contributed by atoms with van der Waals surface area (Å²) >= 11 is 7.12. The van der Waals surface area contributed by atoms with E-state index in [0.29, 0.717) is 23.0 Å². The molecule has 1 aromatic carbocycles. The number of amides is 2. The SMILES string of the molecule is Cc1c(Cl)cccc1NC(=O)COC(=O)CN1CCSC1=O. The van der Waals surface area contributed by atoms with Crippen molar-refractivity contribution >= 4 is 46.2 Å². The highest BCUT2D eigenvalue weighted by atomic mass is 35.5. The molecule has 0 aromatic heterocycles. The fourth-order valence-corrected chi connectivity index (χ4v) is 2.85. The number of nitrogens with zero attached hydrogens (tertiary/aromatic N) is 1. The van der Waals surface area contributed by atoms with E-state index < -0.39 is 18.5 Å². The number of hydrogen-bond acceptors (Lipinski definition) is 5. The molecule has 22 heavy (non-hydrogen) atoms. The molecule has 118 valence electrons. The number of nitrogens with one attached hydrogen (secondary N) is 1. The average molecular weight is 343 g/mol. The molecular formula is C14H15ClN2O4S. The van der Waals surface area contributed by atoms with E-state index in [1.54, 1.807) is 25.1 Å². The molecule has 0 spiro atoms. The van der Waals surface area contributed by atoms with E-state index in [4.69, 9.17) is 16.3 Å². The van der Waals surface area contributed by atoms with Gasteiger partial charge in [0.25, 0.3) is 11.1 Å². The van der Waals surface area contributed by atoms with Gasteiger partial charge in [-0.1, -0.05) is 29.4 Å². The zero-order chi connectivity index (χ0) is 16.1. The Morgan fingerprint density at radius 2 is 2.23 bits per heavy atom. The van der Waals surface area contributed by atoms with Gasteiger partial charge in [0, 0.05) is 23.0 Å². The Bertz CT molecular complexity index is 609. The second-order valence-electron chi connectivity index (χ2n) is 4.66. The van der Waals surface area contributed by atoms with Crippen molar-refractivity contribution in [2.24, 2.45) is 0 Å². The summed E-state index contributed by atoms with van der Waals surface area (Å²) in [7, 11) is 0. The van der Waals surface area contributed by atoms with Crippen LogP contribution in [-0.2, 0) is 14.3 Å². The Hall–Kier alpha value is -1.73. The molecule has 1 fully saturated rings. The van der Waals surface area contributed by atoms with E-state index in [2.05, 4.69) is 5.32 Å². The molecule has 1 aliphatic heterocycles. The number of rotatable bonds is 5. The lowest BCUT2D eigenvalue weighted by molar-refractivity contribution is -0.147. The molecule has 1 aliphatic rings. The van der Waals surface area contributed by atoms with Crippen LogP contribution in [0.2, 0.25) is 5.02 Å².